The number of hydrogen-bond acceptors (Lipinski definition) is 4. The molecule has 2 aliphatic heterocycles. The molecule has 0 bridgehead atoms. The van der Waals surface area contributed by atoms with Crippen LogP contribution in [0.2, 0.25) is 0 Å². The minimum Gasteiger partial charge on any atom is -0.491 e. The summed E-state index contributed by atoms with van der Waals surface area (Å²) in [6.45, 7) is 3.39. The third-order valence-electron chi connectivity index (χ3n) is 4.43. The topological polar surface area (TPSA) is 41.9 Å². The molecule has 20 heavy (non-hydrogen) atoms. The molecular weight excluding hydrogens is 254 g/mol. The van der Waals surface area contributed by atoms with Crippen LogP contribution in [-0.2, 0) is 4.74 Å². The number of methoxy groups -OCH3 is 1. The monoisotopic (exact) mass is 277 g/mol. The van der Waals surface area contributed by atoms with Crippen LogP contribution in [0.15, 0.2) is 24.3 Å². The summed E-state index contributed by atoms with van der Waals surface area (Å²) in [4.78, 5) is 2.37. The Hall–Kier alpha value is -1.10. The maximum Gasteiger partial charge on any atom is 0.125 e. The van der Waals surface area contributed by atoms with Crippen LogP contribution in [0.4, 0.5) is 0 Å². The highest BCUT2D eigenvalue weighted by atomic mass is 16.5. The van der Waals surface area contributed by atoms with Crippen LogP contribution in [0.3, 0.4) is 0 Å². The highest BCUT2D eigenvalue weighted by Crippen LogP contribution is 2.35. The van der Waals surface area contributed by atoms with Gasteiger partial charge >= 0.3 is 0 Å². The number of benzene rings is 1. The predicted molar refractivity (Wildman–Crippen MR) is 76.9 cm³/mol. The Bertz CT molecular complexity index is 449. The number of nitrogens with zero attached hydrogens (tertiary/aromatic N) is 1. The minimum atomic E-state index is -0.457. The van der Waals surface area contributed by atoms with E-state index in [0.29, 0.717) is 12.5 Å². The number of rotatable bonds is 3. The average molecular weight is 277 g/mol. The molecule has 1 aromatic rings. The summed E-state index contributed by atoms with van der Waals surface area (Å²) in [5.41, 5.74) is 0.914. The predicted octanol–water partition coefficient (Wildman–Crippen LogP) is 1.84. The molecule has 3 unspecified atom stereocenters. The van der Waals surface area contributed by atoms with Crippen LogP contribution in [-0.4, -0.2) is 49.5 Å². The van der Waals surface area contributed by atoms with E-state index in [9.17, 15) is 5.11 Å². The van der Waals surface area contributed by atoms with Crippen LogP contribution in [0.1, 0.15) is 24.5 Å². The van der Waals surface area contributed by atoms with Crippen molar-refractivity contribution in [3.63, 3.8) is 0 Å². The van der Waals surface area contributed by atoms with Gasteiger partial charge in [0.1, 0.15) is 18.5 Å². The summed E-state index contributed by atoms with van der Waals surface area (Å²) in [7, 11) is 1.76. The minimum absolute atomic E-state index is 0.0598. The highest BCUT2D eigenvalue weighted by Gasteiger charge is 2.35. The van der Waals surface area contributed by atoms with E-state index in [1.807, 2.05) is 24.3 Å². The normalized spacial score (nSPS) is 30.6. The molecular formula is C16H23NO3. The lowest BCUT2D eigenvalue weighted by Gasteiger charge is -2.42. The second-order valence-corrected chi connectivity index (χ2v) is 5.82. The molecule has 0 amide bonds. The molecule has 1 saturated heterocycles. The molecule has 0 aromatic heterocycles. The molecule has 1 N–H and O–H groups in total. The zero-order chi connectivity index (χ0) is 13.9. The van der Waals surface area contributed by atoms with Crippen LogP contribution < -0.4 is 4.74 Å². The lowest BCUT2D eigenvalue weighted by Crippen LogP contribution is -2.50. The molecule has 1 aromatic carbocycles. The van der Waals surface area contributed by atoms with E-state index in [4.69, 9.17) is 9.47 Å². The van der Waals surface area contributed by atoms with Gasteiger partial charge in [-0.3, -0.25) is 4.90 Å². The first-order valence-corrected chi connectivity index (χ1v) is 7.42. The standard InChI is InChI=1S/C16H23NO3/c1-19-10-12-5-4-8-17(9-12)14-11-20-15-7-3-2-6-13(15)16(14)18/h2-3,6-7,12,14,16,18H,4-5,8-11H2,1H3. The summed E-state index contributed by atoms with van der Waals surface area (Å²) in [5.74, 6) is 1.39. The van der Waals surface area contributed by atoms with E-state index >= 15 is 0 Å². The van der Waals surface area contributed by atoms with Crippen molar-refractivity contribution in [2.45, 2.75) is 25.0 Å². The molecule has 4 nitrogen and oxygen atoms in total. The first-order valence-electron chi connectivity index (χ1n) is 7.42. The van der Waals surface area contributed by atoms with Crippen molar-refractivity contribution in [2.24, 2.45) is 5.92 Å². The van der Waals surface area contributed by atoms with E-state index in [1.54, 1.807) is 7.11 Å². The number of likely N-dealkylation sites (tertiary alicyclic amines) is 1. The molecule has 0 aliphatic carbocycles. The lowest BCUT2D eigenvalue weighted by molar-refractivity contribution is -0.0226. The highest BCUT2D eigenvalue weighted by molar-refractivity contribution is 5.37. The van der Waals surface area contributed by atoms with Crippen molar-refractivity contribution in [2.75, 3.05) is 33.4 Å². The van der Waals surface area contributed by atoms with Gasteiger partial charge in [-0.1, -0.05) is 18.2 Å². The average Bonchev–Trinajstić information content (AvgIpc) is 2.48. The molecule has 1 fully saturated rings. The van der Waals surface area contributed by atoms with E-state index in [1.165, 1.54) is 12.8 Å². The first kappa shape index (κ1) is 13.9. The Labute approximate surface area is 120 Å². The van der Waals surface area contributed by atoms with Gasteiger partial charge in [0.2, 0.25) is 0 Å². The van der Waals surface area contributed by atoms with Gasteiger partial charge in [0, 0.05) is 19.2 Å². The summed E-state index contributed by atoms with van der Waals surface area (Å²) in [6, 6.07) is 7.85. The van der Waals surface area contributed by atoms with Gasteiger partial charge in [0.05, 0.1) is 12.6 Å². The molecule has 110 valence electrons. The molecule has 2 aliphatic rings. The summed E-state index contributed by atoms with van der Waals surface area (Å²) in [6.07, 6.45) is 1.92. The number of hydrogen-bond donors (Lipinski definition) is 1. The molecule has 2 heterocycles. The second-order valence-electron chi connectivity index (χ2n) is 5.82. The molecule has 0 spiro atoms. The molecule has 0 saturated carbocycles. The van der Waals surface area contributed by atoms with Gasteiger partial charge in [-0.15, -0.1) is 0 Å². The third-order valence-corrected chi connectivity index (χ3v) is 4.43. The maximum absolute atomic E-state index is 10.6. The van der Waals surface area contributed by atoms with Gasteiger partial charge in [-0.25, -0.2) is 0 Å². The summed E-state index contributed by atoms with van der Waals surface area (Å²) >= 11 is 0. The fourth-order valence-corrected chi connectivity index (χ4v) is 3.41. The van der Waals surface area contributed by atoms with E-state index in [0.717, 1.165) is 31.0 Å². The van der Waals surface area contributed by atoms with Gasteiger partial charge in [-0.2, -0.15) is 0 Å². The van der Waals surface area contributed by atoms with Crippen molar-refractivity contribution in [1.82, 2.24) is 4.90 Å². The number of aliphatic hydroxyl groups is 1. The van der Waals surface area contributed by atoms with E-state index in [-0.39, 0.29) is 6.04 Å². The Morgan fingerprint density at radius 1 is 1.40 bits per heavy atom. The molecule has 3 atom stereocenters. The van der Waals surface area contributed by atoms with E-state index in [2.05, 4.69) is 4.90 Å². The van der Waals surface area contributed by atoms with Gasteiger partial charge in [0.25, 0.3) is 0 Å². The van der Waals surface area contributed by atoms with Crippen molar-refractivity contribution in [3.8, 4) is 5.75 Å². The smallest absolute Gasteiger partial charge is 0.125 e. The molecule has 4 heteroatoms. The largest absolute Gasteiger partial charge is 0.491 e. The summed E-state index contributed by atoms with van der Waals surface area (Å²) < 4.78 is 11.1. The van der Waals surface area contributed by atoms with Gasteiger partial charge in [0.15, 0.2) is 0 Å². The fraction of sp³-hybridized carbons (Fsp3) is 0.625. The SMILES string of the molecule is COCC1CCCN(C2COc3ccccc3C2O)C1. The number of para-hydroxylation sites is 1. The van der Waals surface area contributed by atoms with Crippen LogP contribution in [0.5, 0.6) is 5.75 Å². The van der Waals surface area contributed by atoms with Crippen molar-refractivity contribution >= 4 is 0 Å². The zero-order valence-electron chi connectivity index (χ0n) is 12.0. The van der Waals surface area contributed by atoms with Crippen LogP contribution >= 0.6 is 0 Å². The van der Waals surface area contributed by atoms with Crippen LogP contribution in [0.25, 0.3) is 0 Å². The van der Waals surface area contributed by atoms with Crippen molar-refractivity contribution in [1.29, 1.82) is 0 Å². The number of fused-ring (bicyclic) bond motifs is 1. The third kappa shape index (κ3) is 2.68. The Morgan fingerprint density at radius 3 is 3.10 bits per heavy atom. The van der Waals surface area contributed by atoms with Crippen molar-refractivity contribution in [3.05, 3.63) is 29.8 Å². The number of aliphatic hydroxyl groups excluding tert-OH is 1. The Morgan fingerprint density at radius 2 is 2.25 bits per heavy atom. The quantitative estimate of drug-likeness (QED) is 0.915. The number of piperidine rings is 1. The van der Waals surface area contributed by atoms with Gasteiger partial charge in [-0.05, 0) is 31.4 Å². The number of ether oxygens (including phenoxy) is 2. The maximum atomic E-state index is 10.6. The Kier molecular flexibility index (Phi) is 4.24. The van der Waals surface area contributed by atoms with Crippen molar-refractivity contribution < 1.29 is 14.6 Å². The Balaban J connectivity index is 1.72. The van der Waals surface area contributed by atoms with Gasteiger partial charge < -0.3 is 14.6 Å². The lowest BCUT2D eigenvalue weighted by atomic mass is 9.93. The molecule has 0 radical (unpaired) electrons. The molecule has 3 rings (SSSR count). The zero-order valence-corrected chi connectivity index (χ0v) is 12.0. The van der Waals surface area contributed by atoms with E-state index < -0.39 is 6.10 Å². The van der Waals surface area contributed by atoms with Crippen LogP contribution in [0, 0.1) is 5.92 Å². The second kappa shape index (κ2) is 6.12. The fourth-order valence-electron chi connectivity index (χ4n) is 3.41. The summed E-state index contributed by atoms with van der Waals surface area (Å²) in [5, 5.41) is 10.6. The first-order chi connectivity index (χ1) is 9.79.